The molecule has 30 heavy (non-hydrogen) atoms. The maximum Gasteiger partial charge on any atom is 0.221 e. The first kappa shape index (κ1) is 21.9. The van der Waals surface area contributed by atoms with Crippen molar-refractivity contribution in [3.8, 4) is 11.5 Å². The second-order valence-corrected chi connectivity index (χ2v) is 7.38. The van der Waals surface area contributed by atoms with E-state index < -0.39 is 0 Å². The highest BCUT2D eigenvalue weighted by Gasteiger charge is 2.18. The van der Waals surface area contributed by atoms with Crippen LogP contribution >= 0.6 is 0 Å². The van der Waals surface area contributed by atoms with Crippen LogP contribution in [0.25, 0.3) is 0 Å². The molecule has 0 unspecified atom stereocenters. The molecular formula is C23H30FN3O3. The number of hydrogen-bond donors (Lipinski definition) is 1. The monoisotopic (exact) mass is 415 g/mol. The van der Waals surface area contributed by atoms with Gasteiger partial charge in [-0.1, -0.05) is 12.1 Å². The molecule has 1 heterocycles. The minimum absolute atomic E-state index is 0.125. The molecule has 1 saturated heterocycles. The highest BCUT2D eigenvalue weighted by Crippen LogP contribution is 2.30. The van der Waals surface area contributed by atoms with Gasteiger partial charge in [-0.25, -0.2) is 4.39 Å². The zero-order chi connectivity index (χ0) is 21.3. The van der Waals surface area contributed by atoms with Gasteiger partial charge >= 0.3 is 0 Å². The number of para-hydroxylation sites is 1. The fourth-order valence-electron chi connectivity index (χ4n) is 3.61. The van der Waals surface area contributed by atoms with Crippen LogP contribution in [-0.4, -0.2) is 57.2 Å². The summed E-state index contributed by atoms with van der Waals surface area (Å²) in [6.07, 6.45) is 1.97. The summed E-state index contributed by atoms with van der Waals surface area (Å²) in [4.78, 5) is 15.7. The third-order valence-corrected chi connectivity index (χ3v) is 5.18. The second-order valence-electron chi connectivity index (χ2n) is 7.38. The van der Waals surface area contributed by atoms with E-state index in [9.17, 15) is 9.18 Å². The molecular weight excluding hydrogens is 385 g/mol. The molecule has 0 aromatic heterocycles. The van der Waals surface area contributed by atoms with Crippen molar-refractivity contribution in [1.82, 2.24) is 4.90 Å². The van der Waals surface area contributed by atoms with Crippen molar-refractivity contribution in [3.63, 3.8) is 0 Å². The van der Waals surface area contributed by atoms with Gasteiger partial charge in [0.1, 0.15) is 5.82 Å². The number of ether oxygens (including phenoxy) is 2. The summed E-state index contributed by atoms with van der Waals surface area (Å²) in [5.41, 5.74) is 1.38. The maximum atomic E-state index is 13.9. The maximum absolute atomic E-state index is 13.9. The van der Waals surface area contributed by atoms with Crippen molar-refractivity contribution >= 4 is 17.3 Å². The van der Waals surface area contributed by atoms with Crippen LogP contribution < -0.4 is 19.7 Å². The molecule has 2 aromatic rings. The first-order chi connectivity index (χ1) is 14.6. The molecule has 6 nitrogen and oxygen atoms in total. The standard InChI is InChI=1S/C23H30FN3O3/c1-18(28)25-19-9-10-22(23(17-19)29-2)30-16-6-5-11-26-12-14-27(15-13-26)21-8-4-3-7-20(21)24/h3-4,7-10,17H,5-6,11-16H2,1-2H3,(H,25,28). The van der Waals surface area contributed by atoms with Crippen LogP contribution in [0.1, 0.15) is 19.8 Å². The minimum Gasteiger partial charge on any atom is -0.493 e. The van der Waals surface area contributed by atoms with Gasteiger partial charge in [0, 0.05) is 44.9 Å². The summed E-state index contributed by atoms with van der Waals surface area (Å²) in [7, 11) is 1.58. The fourth-order valence-corrected chi connectivity index (χ4v) is 3.61. The van der Waals surface area contributed by atoms with Crippen LogP contribution in [0.2, 0.25) is 0 Å². The average Bonchev–Trinajstić information content (AvgIpc) is 2.74. The summed E-state index contributed by atoms with van der Waals surface area (Å²) in [6.45, 7) is 6.64. The van der Waals surface area contributed by atoms with Crippen molar-refractivity contribution in [2.75, 3.05) is 56.7 Å². The number of nitrogens with one attached hydrogen (secondary N) is 1. The Morgan fingerprint density at radius 1 is 1.07 bits per heavy atom. The minimum atomic E-state index is -0.149. The number of rotatable bonds is 9. The van der Waals surface area contributed by atoms with Gasteiger partial charge in [0.25, 0.3) is 0 Å². The molecule has 162 valence electrons. The number of carbonyl (C=O) groups excluding carboxylic acids is 1. The van der Waals surface area contributed by atoms with Gasteiger partial charge in [-0.15, -0.1) is 0 Å². The number of benzene rings is 2. The lowest BCUT2D eigenvalue weighted by molar-refractivity contribution is -0.114. The molecule has 0 aliphatic carbocycles. The largest absolute Gasteiger partial charge is 0.493 e. The van der Waals surface area contributed by atoms with E-state index in [1.165, 1.54) is 13.0 Å². The van der Waals surface area contributed by atoms with Gasteiger partial charge in [0.2, 0.25) is 5.91 Å². The molecule has 0 saturated carbocycles. The fraction of sp³-hybridized carbons (Fsp3) is 0.435. The third kappa shape index (κ3) is 6.10. The van der Waals surface area contributed by atoms with Gasteiger partial charge in [-0.3, -0.25) is 9.69 Å². The number of methoxy groups -OCH3 is 1. The van der Waals surface area contributed by atoms with Crippen molar-refractivity contribution in [2.45, 2.75) is 19.8 Å². The van der Waals surface area contributed by atoms with Crippen molar-refractivity contribution in [2.24, 2.45) is 0 Å². The van der Waals surface area contributed by atoms with Gasteiger partial charge in [-0.2, -0.15) is 0 Å². The van der Waals surface area contributed by atoms with Crippen LogP contribution in [0, 0.1) is 5.82 Å². The summed E-state index contributed by atoms with van der Waals surface area (Å²) in [6, 6.07) is 12.3. The summed E-state index contributed by atoms with van der Waals surface area (Å²) in [5.74, 6) is 1.000. The van der Waals surface area contributed by atoms with Gasteiger partial charge < -0.3 is 19.7 Å². The Hall–Kier alpha value is -2.80. The Morgan fingerprint density at radius 2 is 1.83 bits per heavy atom. The second kappa shape index (κ2) is 10.8. The molecule has 1 fully saturated rings. The van der Waals surface area contributed by atoms with E-state index in [0.717, 1.165) is 45.6 Å². The van der Waals surface area contributed by atoms with E-state index in [1.54, 1.807) is 25.3 Å². The van der Waals surface area contributed by atoms with Gasteiger partial charge in [0.15, 0.2) is 11.5 Å². The molecule has 1 aliphatic rings. The first-order valence-electron chi connectivity index (χ1n) is 10.4. The Kier molecular flexibility index (Phi) is 7.90. The van der Waals surface area contributed by atoms with Crippen molar-refractivity contribution in [1.29, 1.82) is 0 Å². The van der Waals surface area contributed by atoms with Gasteiger partial charge in [0.05, 0.1) is 19.4 Å². The molecule has 1 amide bonds. The van der Waals surface area contributed by atoms with E-state index in [2.05, 4.69) is 15.1 Å². The lowest BCUT2D eigenvalue weighted by Crippen LogP contribution is -2.46. The molecule has 0 atom stereocenters. The Bertz CT molecular complexity index is 838. The van der Waals surface area contributed by atoms with Crippen molar-refractivity contribution < 1.29 is 18.7 Å². The highest BCUT2D eigenvalue weighted by atomic mass is 19.1. The molecule has 1 N–H and O–H groups in total. The number of amides is 1. The van der Waals surface area contributed by atoms with Crippen LogP contribution in [-0.2, 0) is 4.79 Å². The molecule has 1 aliphatic heterocycles. The van der Waals surface area contributed by atoms with E-state index in [0.29, 0.717) is 29.5 Å². The van der Waals surface area contributed by atoms with Crippen LogP contribution in [0.15, 0.2) is 42.5 Å². The van der Waals surface area contributed by atoms with E-state index in [-0.39, 0.29) is 11.7 Å². The number of carbonyl (C=O) groups is 1. The lowest BCUT2D eigenvalue weighted by Gasteiger charge is -2.36. The number of halogens is 1. The number of unbranched alkanes of at least 4 members (excludes halogenated alkanes) is 1. The lowest BCUT2D eigenvalue weighted by atomic mass is 10.2. The summed E-state index contributed by atoms with van der Waals surface area (Å²) in [5, 5.41) is 2.73. The molecule has 2 aromatic carbocycles. The Morgan fingerprint density at radius 3 is 2.53 bits per heavy atom. The Labute approximate surface area is 177 Å². The third-order valence-electron chi connectivity index (χ3n) is 5.18. The quantitative estimate of drug-likeness (QED) is 0.632. The van der Waals surface area contributed by atoms with E-state index in [4.69, 9.17) is 9.47 Å². The molecule has 0 spiro atoms. The Balaban J connectivity index is 1.36. The normalized spacial score (nSPS) is 14.4. The molecule has 0 radical (unpaired) electrons. The van der Waals surface area contributed by atoms with Gasteiger partial charge in [-0.05, 0) is 43.7 Å². The molecule has 0 bridgehead atoms. The SMILES string of the molecule is COc1cc(NC(C)=O)ccc1OCCCCN1CCN(c2ccccc2F)CC1. The average molecular weight is 416 g/mol. The highest BCUT2D eigenvalue weighted by molar-refractivity contribution is 5.89. The summed E-state index contributed by atoms with van der Waals surface area (Å²) < 4.78 is 25.2. The predicted octanol–water partition coefficient (Wildman–Crippen LogP) is 3.77. The van der Waals surface area contributed by atoms with Crippen LogP contribution in [0.4, 0.5) is 15.8 Å². The smallest absolute Gasteiger partial charge is 0.221 e. The van der Waals surface area contributed by atoms with Crippen LogP contribution in [0.3, 0.4) is 0 Å². The predicted molar refractivity (Wildman–Crippen MR) is 117 cm³/mol. The number of hydrogen-bond acceptors (Lipinski definition) is 5. The van der Waals surface area contributed by atoms with Crippen molar-refractivity contribution in [3.05, 3.63) is 48.3 Å². The zero-order valence-corrected chi connectivity index (χ0v) is 17.7. The summed E-state index contributed by atoms with van der Waals surface area (Å²) >= 11 is 0. The first-order valence-corrected chi connectivity index (χ1v) is 10.4. The van der Waals surface area contributed by atoms with Crippen LogP contribution in [0.5, 0.6) is 11.5 Å². The molecule has 7 heteroatoms. The zero-order valence-electron chi connectivity index (χ0n) is 17.7. The van der Waals surface area contributed by atoms with E-state index >= 15 is 0 Å². The molecule has 3 rings (SSSR count). The number of piperazine rings is 1. The topological polar surface area (TPSA) is 54.0 Å². The van der Waals surface area contributed by atoms with E-state index in [1.807, 2.05) is 18.2 Å². The number of nitrogens with zero attached hydrogens (tertiary/aromatic N) is 2. The number of anilines is 2.